The number of nitrogens with one attached hydrogen (secondary N) is 1. The molecule has 0 fully saturated rings. The van der Waals surface area contributed by atoms with Gasteiger partial charge in [-0.05, 0) is 17.5 Å². The largest absolute Gasteiger partial charge is 0.354 e. The van der Waals surface area contributed by atoms with Gasteiger partial charge in [0.1, 0.15) is 6.54 Å². The first kappa shape index (κ1) is 20.4. The van der Waals surface area contributed by atoms with Gasteiger partial charge in [-0.2, -0.15) is 0 Å². The lowest BCUT2D eigenvalue weighted by atomic mass is 10.0. The standard InChI is InChI=1S/C18H21N3O5S/c1-14(15-7-4-3-5-8-15)12-19-18(22)13-20(27(2,25)26)16-9-6-10-17(11-16)21(23)24/h3-11,14H,12-13H2,1-2H3,(H,19,22)/t14-/m1/s1. The Bertz CT molecular complexity index is 916. The molecule has 2 aromatic rings. The Morgan fingerprint density at radius 1 is 1.19 bits per heavy atom. The van der Waals surface area contributed by atoms with Crippen molar-refractivity contribution in [2.45, 2.75) is 12.8 Å². The Hall–Kier alpha value is -2.94. The summed E-state index contributed by atoms with van der Waals surface area (Å²) in [5.41, 5.74) is 0.869. The summed E-state index contributed by atoms with van der Waals surface area (Å²) in [5.74, 6) is -0.436. The van der Waals surface area contributed by atoms with Crippen molar-refractivity contribution in [3.05, 3.63) is 70.3 Å². The number of hydrogen-bond acceptors (Lipinski definition) is 5. The van der Waals surface area contributed by atoms with Crippen LogP contribution in [0.1, 0.15) is 18.4 Å². The molecule has 8 nitrogen and oxygen atoms in total. The molecule has 0 unspecified atom stereocenters. The van der Waals surface area contributed by atoms with Crippen molar-refractivity contribution in [3.8, 4) is 0 Å². The molecule has 0 radical (unpaired) electrons. The summed E-state index contributed by atoms with van der Waals surface area (Å²) in [6, 6.07) is 14.8. The number of hydrogen-bond donors (Lipinski definition) is 1. The highest BCUT2D eigenvalue weighted by molar-refractivity contribution is 7.92. The highest BCUT2D eigenvalue weighted by atomic mass is 32.2. The van der Waals surface area contributed by atoms with Crippen LogP contribution < -0.4 is 9.62 Å². The maximum atomic E-state index is 12.3. The number of amides is 1. The molecule has 1 N–H and O–H groups in total. The first-order chi connectivity index (χ1) is 12.7. The van der Waals surface area contributed by atoms with Crippen LogP contribution in [0.4, 0.5) is 11.4 Å². The normalized spacial score (nSPS) is 12.2. The third-order valence-corrected chi connectivity index (χ3v) is 5.13. The van der Waals surface area contributed by atoms with Crippen molar-refractivity contribution < 1.29 is 18.1 Å². The van der Waals surface area contributed by atoms with Gasteiger partial charge < -0.3 is 5.32 Å². The number of nitrogens with zero attached hydrogens (tertiary/aromatic N) is 2. The second-order valence-electron chi connectivity index (χ2n) is 6.16. The number of nitro benzene ring substituents is 1. The zero-order valence-corrected chi connectivity index (χ0v) is 15.8. The van der Waals surface area contributed by atoms with Crippen molar-refractivity contribution in [2.75, 3.05) is 23.7 Å². The number of carbonyl (C=O) groups excluding carboxylic acids is 1. The van der Waals surface area contributed by atoms with Gasteiger partial charge in [0.15, 0.2) is 0 Å². The number of sulfonamides is 1. The molecule has 0 bridgehead atoms. The summed E-state index contributed by atoms with van der Waals surface area (Å²) in [6.45, 7) is 1.83. The monoisotopic (exact) mass is 391 g/mol. The molecule has 2 aromatic carbocycles. The predicted octanol–water partition coefficient (Wildman–Crippen LogP) is 2.28. The van der Waals surface area contributed by atoms with E-state index in [1.165, 1.54) is 18.2 Å². The molecule has 0 aliphatic carbocycles. The molecular weight excluding hydrogens is 370 g/mol. The smallest absolute Gasteiger partial charge is 0.271 e. The van der Waals surface area contributed by atoms with Gasteiger partial charge >= 0.3 is 0 Å². The third kappa shape index (κ3) is 5.78. The van der Waals surface area contributed by atoms with Gasteiger partial charge in [-0.15, -0.1) is 0 Å². The number of rotatable bonds is 8. The van der Waals surface area contributed by atoms with E-state index in [9.17, 15) is 23.3 Å². The molecular formula is C18H21N3O5S. The second-order valence-corrected chi connectivity index (χ2v) is 8.07. The van der Waals surface area contributed by atoms with E-state index >= 15 is 0 Å². The summed E-state index contributed by atoms with van der Waals surface area (Å²) < 4.78 is 25.0. The molecule has 0 heterocycles. The molecule has 144 valence electrons. The molecule has 0 aromatic heterocycles. The van der Waals surface area contributed by atoms with Crippen LogP contribution in [0.5, 0.6) is 0 Å². The molecule has 0 saturated carbocycles. The Kier molecular flexibility index (Phi) is 6.51. The average Bonchev–Trinajstić information content (AvgIpc) is 2.64. The van der Waals surface area contributed by atoms with Crippen molar-refractivity contribution in [2.24, 2.45) is 0 Å². The zero-order valence-electron chi connectivity index (χ0n) is 15.0. The van der Waals surface area contributed by atoms with Gasteiger partial charge in [0.2, 0.25) is 15.9 Å². The van der Waals surface area contributed by atoms with Crippen molar-refractivity contribution >= 4 is 27.3 Å². The van der Waals surface area contributed by atoms with E-state index in [0.29, 0.717) is 6.54 Å². The molecule has 27 heavy (non-hydrogen) atoms. The van der Waals surface area contributed by atoms with Crippen molar-refractivity contribution in [1.82, 2.24) is 5.32 Å². The van der Waals surface area contributed by atoms with E-state index in [0.717, 1.165) is 22.2 Å². The van der Waals surface area contributed by atoms with Crippen LogP contribution in [0, 0.1) is 10.1 Å². The molecule has 1 amide bonds. The van der Waals surface area contributed by atoms with E-state index in [4.69, 9.17) is 0 Å². The fourth-order valence-corrected chi connectivity index (χ4v) is 3.36. The second kappa shape index (κ2) is 8.63. The molecule has 0 aliphatic rings. The summed E-state index contributed by atoms with van der Waals surface area (Å²) in [5, 5.41) is 13.6. The van der Waals surface area contributed by atoms with Gasteiger partial charge in [0.05, 0.1) is 16.9 Å². The Balaban J connectivity index is 2.09. The average molecular weight is 391 g/mol. The van der Waals surface area contributed by atoms with Gasteiger partial charge in [0.25, 0.3) is 5.69 Å². The van der Waals surface area contributed by atoms with Crippen molar-refractivity contribution in [3.63, 3.8) is 0 Å². The van der Waals surface area contributed by atoms with Crippen LogP contribution in [0.3, 0.4) is 0 Å². The number of carbonyl (C=O) groups is 1. The minimum atomic E-state index is -3.80. The van der Waals surface area contributed by atoms with Gasteiger partial charge in [-0.3, -0.25) is 19.2 Å². The van der Waals surface area contributed by atoms with Gasteiger partial charge in [0, 0.05) is 18.7 Å². The van der Waals surface area contributed by atoms with Crippen LogP contribution in [0.25, 0.3) is 0 Å². The molecule has 2 rings (SSSR count). The molecule has 0 spiro atoms. The Morgan fingerprint density at radius 2 is 1.85 bits per heavy atom. The lowest BCUT2D eigenvalue weighted by molar-refractivity contribution is -0.384. The maximum absolute atomic E-state index is 12.3. The van der Waals surface area contributed by atoms with E-state index in [2.05, 4.69) is 5.32 Å². The van der Waals surface area contributed by atoms with E-state index in [1.807, 2.05) is 37.3 Å². The lowest BCUT2D eigenvalue weighted by Crippen LogP contribution is -2.41. The highest BCUT2D eigenvalue weighted by Gasteiger charge is 2.22. The van der Waals surface area contributed by atoms with E-state index in [-0.39, 0.29) is 17.3 Å². The number of benzene rings is 2. The van der Waals surface area contributed by atoms with Gasteiger partial charge in [-0.1, -0.05) is 43.3 Å². The van der Waals surface area contributed by atoms with E-state index in [1.54, 1.807) is 0 Å². The number of nitro groups is 1. The first-order valence-corrected chi connectivity index (χ1v) is 10.1. The molecule has 0 aliphatic heterocycles. The minimum absolute atomic E-state index is 0.0552. The van der Waals surface area contributed by atoms with Crippen LogP contribution in [0.2, 0.25) is 0 Å². The van der Waals surface area contributed by atoms with E-state index < -0.39 is 27.4 Å². The minimum Gasteiger partial charge on any atom is -0.354 e. The quantitative estimate of drug-likeness (QED) is 0.548. The number of non-ortho nitro benzene ring substituents is 1. The zero-order chi connectivity index (χ0) is 20.0. The predicted molar refractivity (Wildman–Crippen MR) is 103 cm³/mol. The number of anilines is 1. The summed E-state index contributed by atoms with van der Waals surface area (Å²) in [6.07, 6.45) is 0.950. The third-order valence-electron chi connectivity index (χ3n) is 3.99. The lowest BCUT2D eigenvalue weighted by Gasteiger charge is -2.22. The van der Waals surface area contributed by atoms with Crippen LogP contribution in [0.15, 0.2) is 54.6 Å². The summed E-state index contributed by atoms with van der Waals surface area (Å²) in [4.78, 5) is 22.6. The molecule has 9 heteroatoms. The SMILES string of the molecule is C[C@H](CNC(=O)CN(c1cccc([N+](=O)[O-])c1)S(C)(=O)=O)c1ccccc1. The van der Waals surface area contributed by atoms with Crippen LogP contribution >= 0.6 is 0 Å². The molecule has 1 atom stereocenters. The van der Waals surface area contributed by atoms with Gasteiger partial charge in [-0.25, -0.2) is 8.42 Å². The van der Waals surface area contributed by atoms with Crippen LogP contribution in [-0.4, -0.2) is 38.6 Å². The fourth-order valence-electron chi connectivity index (χ4n) is 2.51. The fraction of sp³-hybridized carbons (Fsp3) is 0.278. The maximum Gasteiger partial charge on any atom is 0.271 e. The summed E-state index contributed by atoms with van der Waals surface area (Å²) >= 11 is 0. The van der Waals surface area contributed by atoms with Crippen LogP contribution in [-0.2, 0) is 14.8 Å². The molecule has 0 saturated heterocycles. The Labute approximate surface area is 158 Å². The topological polar surface area (TPSA) is 110 Å². The Morgan fingerprint density at radius 3 is 2.44 bits per heavy atom. The van der Waals surface area contributed by atoms with Crippen molar-refractivity contribution in [1.29, 1.82) is 0 Å². The highest BCUT2D eigenvalue weighted by Crippen LogP contribution is 2.23. The first-order valence-electron chi connectivity index (χ1n) is 8.22. The summed E-state index contributed by atoms with van der Waals surface area (Å²) in [7, 11) is -3.80.